The number of nitrogens with zero attached hydrogens (tertiary/aromatic N) is 1. The Morgan fingerprint density at radius 1 is 1.29 bits per heavy atom. The molecule has 1 aromatic carbocycles. The van der Waals surface area contributed by atoms with Crippen molar-refractivity contribution in [3.8, 4) is 11.5 Å². The summed E-state index contributed by atoms with van der Waals surface area (Å²) >= 11 is 3.18. The first kappa shape index (κ1) is 14.0. The average Bonchev–Trinajstić information content (AvgIpc) is 2.93. The largest absolute Gasteiger partial charge is 0.486 e. The summed E-state index contributed by atoms with van der Waals surface area (Å²) in [6.07, 6.45) is -0.202. The number of likely N-dealkylation sites (N-methyl/N-ethyl adjacent to an activating group) is 1. The van der Waals surface area contributed by atoms with Gasteiger partial charge in [0.15, 0.2) is 28.0 Å². The van der Waals surface area contributed by atoms with E-state index in [-0.39, 0.29) is 12.0 Å². The topological polar surface area (TPSA) is 51.9 Å². The van der Waals surface area contributed by atoms with Crippen LogP contribution in [0.5, 0.6) is 11.5 Å². The number of furan rings is 1. The van der Waals surface area contributed by atoms with Gasteiger partial charge in [-0.05, 0) is 40.2 Å². The average molecular weight is 352 g/mol. The smallest absolute Gasteiger partial charge is 0.289 e. The van der Waals surface area contributed by atoms with Crippen molar-refractivity contribution in [2.75, 3.05) is 20.2 Å². The van der Waals surface area contributed by atoms with Gasteiger partial charge in [-0.25, -0.2) is 0 Å². The molecule has 0 fully saturated rings. The Bertz CT molecular complexity index is 655. The number of ether oxygens (including phenoxy) is 2. The van der Waals surface area contributed by atoms with Crippen LogP contribution in [0.3, 0.4) is 0 Å². The first-order valence-electron chi connectivity index (χ1n) is 6.53. The van der Waals surface area contributed by atoms with Gasteiger partial charge in [0.05, 0.1) is 6.54 Å². The third-order valence-electron chi connectivity index (χ3n) is 3.18. The molecule has 1 aliphatic rings. The molecule has 1 aliphatic heterocycles. The van der Waals surface area contributed by atoms with Crippen molar-refractivity contribution in [1.82, 2.24) is 4.90 Å². The zero-order valence-corrected chi connectivity index (χ0v) is 13.0. The van der Waals surface area contributed by atoms with Gasteiger partial charge in [-0.15, -0.1) is 0 Å². The van der Waals surface area contributed by atoms with Crippen molar-refractivity contribution in [3.63, 3.8) is 0 Å². The molecule has 0 saturated carbocycles. The Morgan fingerprint density at radius 3 is 2.76 bits per heavy atom. The molecule has 1 amide bonds. The van der Waals surface area contributed by atoms with Crippen LogP contribution < -0.4 is 9.47 Å². The van der Waals surface area contributed by atoms with E-state index in [4.69, 9.17) is 13.9 Å². The summed E-state index contributed by atoms with van der Waals surface area (Å²) in [4.78, 5) is 13.8. The van der Waals surface area contributed by atoms with E-state index in [9.17, 15) is 4.79 Å². The molecule has 0 saturated heterocycles. The van der Waals surface area contributed by atoms with Crippen molar-refractivity contribution in [3.05, 3.63) is 46.8 Å². The lowest BCUT2D eigenvalue weighted by Gasteiger charge is -2.29. The fourth-order valence-corrected chi connectivity index (χ4v) is 2.47. The van der Waals surface area contributed by atoms with Crippen LogP contribution in [0.2, 0.25) is 0 Å². The molecule has 1 aromatic heterocycles. The van der Waals surface area contributed by atoms with Crippen molar-refractivity contribution in [2.24, 2.45) is 0 Å². The Kier molecular flexibility index (Phi) is 3.88. The van der Waals surface area contributed by atoms with Gasteiger partial charge in [0.1, 0.15) is 6.61 Å². The van der Waals surface area contributed by atoms with Gasteiger partial charge < -0.3 is 18.8 Å². The molecule has 1 atom stereocenters. The monoisotopic (exact) mass is 351 g/mol. The number of hydrogen-bond donors (Lipinski definition) is 0. The molecule has 0 bridgehead atoms. The van der Waals surface area contributed by atoms with Crippen molar-refractivity contribution in [2.45, 2.75) is 6.10 Å². The van der Waals surface area contributed by atoms with Crippen molar-refractivity contribution in [1.29, 1.82) is 0 Å². The highest BCUT2D eigenvalue weighted by molar-refractivity contribution is 9.10. The summed E-state index contributed by atoms with van der Waals surface area (Å²) < 4.78 is 17.3. The first-order valence-corrected chi connectivity index (χ1v) is 7.32. The molecule has 2 aromatic rings. The lowest BCUT2D eigenvalue weighted by Crippen LogP contribution is -2.41. The normalized spacial score (nSPS) is 16.6. The fourth-order valence-electron chi connectivity index (χ4n) is 2.16. The van der Waals surface area contributed by atoms with E-state index in [1.165, 1.54) is 0 Å². The number of benzene rings is 1. The zero-order chi connectivity index (χ0) is 14.8. The Hall–Kier alpha value is -1.95. The van der Waals surface area contributed by atoms with Gasteiger partial charge in [-0.1, -0.05) is 12.1 Å². The second kappa shape index (κ2) is 5.81. The van der Waals surface area contributed by atoms with E-state index in [0.29, 0.717) is 29.3 Å². The number of rotatable bonds is 3. The number of hydrogen-bond acceptors (Lipinski definition) is 4. The summed E-state index contributed by atoms with van der Waals surface area (Å²) in [6.45, 7) is 0.835. The van der Waals surface area contributed by atoms with Crippen LogP contribution in [-0.2, 0) is 0 Å². The molecule has 21 heavy (non-hydrogen) atoms. The summed E-state index contributed by atoms with van der Waals surface area (Å²) in [5, 5.41) is 0. The first-order chi connectivity index (χ1) is 10.1. The van der Waals surface area contributed by atoms with Gasteiger partial charge in [0.25, 0.3) is 5.91 Å². The van der Waals surface area contributed by atoms with Crippen LogP contribution in [0.1, 0.15) is 10.6 Å². The second-order valence-electron chi connectivity index (χ2n) is 4.79. The Balaban J connectivity index is 1.63. The van der Waals surface area contributed by atoms with E-state index >= 15 is 0 Å². The van der Waals surface area contributed by atoms with Gasteiger partial charge in [0.2, 0.25) is 0 Å². The summed E-state index contributed by atoms with van der Waals surface area (Å²) in [7, 11) is 1.71. The minimum absolute atomic E-state index is 0.192. The minimum Gasteiger partial charge on any atom is -0.486 e. The lowest BCUT2D eigenvalue weighted by atomic mass is 10.2. The zero-order valence-electron chi connectivity index (χ0n) is 11.4. The van der Waals surface area contributed by atoms with Gasteiger partial charge in [-0.2, -0.15) is 0 Å². The maximum absolute atomic E-state index is 12.2. The highest BCUT2D eigenvalue weighted by atomic mass is 79.9. The van der Waals surface area contributed by atoms with Crippen LogP contribution in [0.15, 0.2) is 45.5 Å². The summed E-state index contributed by atoms with van der Waals surface area (Å²) in [5.41, 5.74) is 0. The minimum atomic E-state index is -0.202. The molecular weight excluding hydrogens is 338 g/mol. The summed E-state index contributed by atoms with van der Waals surface area (Å²) in [5.74, 6) is 1.54. The number of halogens is 1. The number of carbonyl (C=O) groups is 1. The van der Waals surface area contributed by atoms with E-state index in [0.717, 1.165) is 5.75 Å². The van der Waals surface area contributed by atoms with Gasteiger partial charge in [0, 0.05) is 7.05 Å². The molecule has 0 spiro atoms. The molecule has 5 nitrogen and oxygen atoms in total. The molecule has 0 N–H and O–H groups in total. The van der Waals surface area contributed by atoms with Crippen LogP contribution in [0.25, 0.3) is 0 Å². The van der Waals surface area contributed by atoms with E-state index in [1.807, 2.05) is 24.3 Å². The van der Waals surface area contributed by atoms with Gasteiger partial charge >= 0.3 is 0 Å². The maximum Gasteiger partial charge on any atom is 0.289 e. The third-order valence-corrected chi connectivity index (χ3v) is 3.60. The summed E-state index contributed by atoms with van der Waals surface area (Å²) in [6, 6.07) is 10.8. The van der Waals surface area contributed by atoms with Crippen LogP contribution in [-0.4, -0.2) is 37.1 Å². The van der Waals surface area contributed by atoms with Crippen molar-refractivity contribution < 1.29 is 18.7 Å². The van der Waals surface area contributed by atoms with E-state index < -0.39 is 0 Å². The molecule has 0 unspecified atom stereocenters. The van der Waals surface area contributed by atoms with E-state index in [1.54, 1.807) is 24.1 Å². The quantitative estimate of drug-likeness (QED) is 0.852. The van der Waals surface area contributed by atoms with Crippen molar-refractivity contribution >= 4 is 21.8 Å². The fraction of sp³-hybridized carbons (Fsp3) is 0.267. The lowest BCUT2D eigenvalue weighted by molar-refractivity contribution is 0.0501. The number of amides is 1. The predicted molar refractivity (Wildman–Crippen MR) is 79.7 cm³/mol. The number of para-hydroxylation sites is 2. The molecular formula is C15H14BrNO4. The molecule has 110 valence electrons. The molecule has 0 radical (unpaired) electrons. The van der Waals surface area contributed by atoms with E-state index in [2.05, 4.69) is 15.9 Å². The number of fused-ring (bicyclic) bond motifs is 1. The molecule has 3 rings (SSSR count). The van der Waals surface area contributed by atoms with Crippen LogP contribution >= 0.6 is 15.9 Å². The number of carbonyl (C=O) groups excluding carboxylic acids is 1. The second-order valence-corrected chi connectivity index (χ2v) is 5.57. The standard InChI is InChI=1S/C15H14BrNO4/c1-17(15(18)13-6-7-14(16)21-13)8-10-9-19-11-4-2-3-5-12(11)20-10/h2-7,10H,8-9H2,1H3/t10-/m1/s1. The SMILES string of the molecule is CN(C[C@@H]1COc2ccccc2O1)C(=O)c1ccc(Br)o1. The third kappa shape index (κ3) is 3.05. The highest BCUT2D eigenvalue weighted by Crippen LogP contribution is 2.31. The highest BCUT2D eigenvalue weighted by Gasteiger charge is 2.25. The predicted octanol–water partition coefficient (Wildman–Crippen LogP) is 2.95. The Labute approximate surface area is 130 Å². The molecule has 6 heteroatoms. The van der Waals surface area contributed by atoms with Gasteiger partial charge in [-0.3, -0.25) is 4.79 Å². The molecule has 2 heterocycles. The van der Waals surface area contributed by atoms with Crippen LogP contribution in [0.4, 0.5) is 0 Å². The van der Waals surface area contributed by atoms with Crippen LogP contribution in [0, 0.1) is 0 Å². The molecule has 0 aliphatic carbocycles. The maximum atomic E-state index is 12.2. The Morgan fingerprint density at radius 2 is 2.05 bits per heavy atom.